The Kier molecular flexibility index (Phi) is 7.31. The molecular formula is C25H16Cl3FN4O4S. The lowest BCUT2D eigenvalue weighted by atomic mass is 10.1. The molecule has 0 aliphatic heterocycles. The Hall–Kier alpha value is -3.20. The Bertz CT molecular complexity index is 1700. The summed E-state index contributed by atoms with van der Waals surface area (Å²) >= 11 is 18.5. The van der Waals surface area contributed by atoms with Crippen molar-refractivity contribution in [3.05, 3.63) is 86.4 Å². The maximum Gasteiger partial charge on any atom is 0.249 e. The van der Waals surface area contributed by atoms with Gasteiger partial charge in [0.2, 0.25) is 21.8 Å². The van der Waals surface area contributed by atoms with Crippen molar-refractivity contribution in [1.29, 1.82) is 5.26 Å². The van der Waals surface area contributed by atoms with E-state index in [0.29, 0.717) is 0 Å². The molecule has 5 rings (SSSR count). The number of hydrogen-bond acceptors (Lipinski definition) is 7. The first kappa shape index (κ1) is 26.4. The third kappa shape index (κ3) is 5.77. The second-order valence-corrected chi connectivity index (χ2v) is 11.4. The minimum Gasteiger partial charge on any atom is -0.453 e. The van der Waals surface area contributed by atoms with E-state index in [1.54, 1.807) is 0 Å². The fourth-order valence-electron chi connectivity index (χ4n) is 3.53. The zero-order valence-corrected chi connectivity index (χ0v) is 22.3. The van der Waals surface area contributed by atoms with Crippen LogP contribution >= 0.6 is 34.8 Å². The predicted octanol–water partition coefficient (Wildman–Crippen LogP) is 6.53. The molecule has 1 aliphatic carbocycles. The SMILES string of the molecule is N#Cc1cc(Cl)cc(Oc2c(Cl)ccc(Cc3nnc(-c4cc(S(=O)(=O)NC5CC5)ccc4Cl)o3)c2F)c1. The standard InChI is InChI=1S/C25H16Cl3FN4O4S/c26-15-7-13(12-30)8-17(10-15)36-24-21(28)5-1-14(23(24)29)9-22-31-32-25(37-22)19-11-18(4-6-20(19)27)38(34,35)33-16-2-3-16/h1,4-8,10-11,16,33H,2-3,9H2. The number of rotatable bonds is 8. The van der Waals surface area contributed by atoms with Gasteiger partial charge in [-0.3, -0.25) is 0 Å². The maximum atomic E-state index is 15.4. The van der Waals surface area contributed by atoms with Crippen molar-refractivity contribution in [1.82, 2.24) is 14.9 Å². The van der Waals surface area contributed by atoms with Crippen LogP contribution in [0.4, 0.5) is 4.39 Å². The number of sulfonamides is 1. The van der Waals surface area contributed by atoms with Crippen LogP contribution in [0.5, 0.6) is 11.5 Å². The van der Waals surface area contributed by atoms with Gasteiger partial charge in [0.25, 0.3) is 0 Å². The van der Waals surface area contributed by atoms with Crippen molar-refractivity contribution < 1.29 is 22.0 Å². The van der Waals surface area contributed by atoms with Gasteiger partial charge in [0, 0.05) is 16.6 Å². The van der Waals surface area contributed by atoms with Gasteiger partial charge in [0.05, 0.1) is 38.6 Å². The number of nitriles is 1. The number of ether oxygens (including phenoxy) is 1. The highest BCUT2D eigenvalue weighted by Crippen LogP contribution is 2.36. The van der Waals surface area contributed by atoms with E-state index in [1.807, 2.05) is 6.07 Å². The van der Waals surface area contributed by atoms with Crippen LogP contribution in [0.15, 0.2) is 57.8 Å². The lowest BCUT2D eigenvalue weighted by Gasteiger charge is -2.12. The highest BCUT2D eigenvalue weighted by Gasteiger charge is 2.29. The van der Waals surface area contributed by atoms with Gasteiger partial charge in [-0.05, 0) is 55.3 Å². The van der Waals surface area contributed by atoms with Gasteiger partial charge in [0.15, 0.2) is 11.6 Å². The summed E-state index contributed by atoms with van der Waals surface area (Å²) < 4.78 is 54.5. The highest BCUT2D eigenvalue weighted by molar-refractivity contribution is 7.89. The summed E-state index contributed by atoms with van der Waals surface area (Å²) in [6, 6.07) is 13.2. The van der Waals surface area contributed by atoms with Gasteiger partial charge in [0.1, 0.15) is 5.75 Å². The molecule has 1 fully saturated rings. The lowest BCUT2D eigenvalue weighted by Crippen LogP contribution is -2.25. The summed E-state index contributed by atoms with van der Waals surface area (Å²) in [6.45, 7) is 0. The molecule has 3 aromatic carbocycles. The van der Waals surface area contributed by atoms with Crippen molar-refractivity contribution in [2.75, 3.05) is 0 Å². The smallest absolute Gasteiger partial charge is 0.249 e. The Morgan fingerprint density at radius 3 is 2.58 bits per heavy atom. The highest BCUT2D eigenvalue weighted by atomic mass is 35.5. The fraction of sp³-hybridized carbons (Fsp3) is 0.160. The van der Waals surface area contributed by atoms with Crippen LogP contribution in [0.1, 0.15) is 29.9 Å². The molecule has 1 N–H and O–H groups in total. The van der Waals surface area contributed by atoms with Crippen LogP contribution in [0.25, 0.3) is 11.5 Å². The van der Waals surface area contributed by atoms with E-state index in [4.69, 9.17) is 49.2 Å². The van der Waals surface area contributed by atoms with E-state index >= 15 is 4.39 Å². The Labute approximate surface area is 232 Å². The second kappa shape index (κ2) is 10.5. The summed E-state index contributed by atoms with van der Waals surface area (Å²) in [6.07, 6.45) is 1.46. The number of nitrogens with one attached hydrogen (secondary N) is 1. The number of nitrogens with zero attached hydrogens (tertiary/aromatic N) is 3. The van der Waals surface area contributed by atoms with Gasteiger partial charge < -0.3 is 9.15 Å². The van der Waals surface area contributed by atoms with Crippen LogP contribution in [0.3, 0.4) is 0 Å². The minimum atomic E-state index is -3.73. The molecule has 1 saturated carbocycles. The predicted molar refractivity (Wildman–Crippen MR) is 139 cm³/mol. The molecule has 194 valence electrons. The van der Waals surface area contributed by atoms with Crippen molar-refractivity contribution >= 4 is 44.8 Å². The van der Waals surface area contributed by atoms with E-state index in [1.165, 1.54) is 48.5 Å². The Morgan fingerprint density at radius 1 is 1.08 bits per heavy atom. The van der Waals surface area contributed by atoms with Crippen LogP contribution in [0.2, 0.25) is 15.1 Å². The molecular weight excluding hydrogens is 578 g/mol. The van der Waals surface area contributed by atoms with E-state index in [9.17, 15) is 8.42 Å². The van der Waals surface area contributed by atoms with Crippen LogP contribution in [0, 0.1) is 17.1 Å². The number of halogens is 4. The van der Waals surface area contributed by atoms with Gasteiger partial charge in [-0.15, -0.1) is 10.2 Å². The normalized spacial score (nSPS) is 13.3. The van der Waals surface area contributed by atoms with Crippen molar-refractivity contribution in [2.24, 2.45) is 0 Å². The van der Waals surface area contributed by atoms with Gasteiger partial charge >= 0.3 is 0 Å². The molecule has 1 aromatic heterocycles. The quantitative estimate of drug-likeness (QED) is 0.247. The van der Waals surface area contributed by atoms with E-state index < -0.39 is 15.8 Å². The van der Waals surface area contributed by atoms with Gasteiger partial charge in [-0.1, -0.05) is 40.9 Å². The van der Waals surface area contributed by atoms with Crippen molar-refractivity contribution in [3.63, 3.8) is 0 Å². The zero-order chi connectivity index (χ0) is 27.0. The number of hydrogen-bond donors (Lipinski definition) is 1. The van der Waals surface area contributed by atoms with E-state index in [2.05, 4.69) is 14.9 Å². The molecule has 13 heteroatoms. The van der Waals surface area contributed by atoms with Crippen LogP contribution < -0.4 is 9.46 Å². The molecule has 0 saturated heterocycles. The maximum absolute atomic E-state index is 15.4. The second-order valence-electron chi connectivity index (χ2n) is 8.45. The Balaban J connectivity index is 1.40. The molecule has 0 atom stereocenters. The first-order chi connectivity index (χ1) is 18.1. The molecule has 0 unspecified atom stereocenters. The molecule has 4 aromatic rings. The molecule has 0 spiro atoms. The van der Waals surface area contributed by atoms with E-state index in [-0.39, 0.29) is 72.4 Å². The average molecular weight is 594 g/mol. The summed E-state index contributed by atoms with van der Waals surface area (Å²) in [5.74, 6) is -0.885. The topological polar surface area (TPSA) is 118 Å². The number of aromatic nitrogens is 2. The molecule has 8 nitrogen and oxygen atoms in total. The molecule has 0 bridgehead atoms. The third-order valence-electron chi connectivity index (χ3n) is 5.54. The molecule has 0 radical (unpaired) electrons. The first-order valence-electron chi connectivity index (χ1n) is 11.1. The van der Waals surface area contributed by atoms with Crippen molar-refractivity contribution in [2.45, 2.75) is 30.2 Å². The van der Waals surface area contributed by atoms with Crippen molar-refractivity contribution in [3.8, 4) is 29.0 Å². The third-order valence-corrected chi connectivity index (χ3v) is 7.90. The van der Waals surface area contributed by atoms with Crippen LogP contribution in [-0.4, -0.2) is 24.7 Å². The largest absolute Gasteiger partial charge is 0.453 e. The minimum absolute atomic E-state index is 0.000523. The first-order valence-corrected chi connectivity index (χ1v) is 13.7. The summed E-state index contributed by atoms with van der Waals surface area (Å²) in [7, 11) is -3.73. The summed E-state index contributed by atoms with van der Waals surface area (Å²) in [5, 5.41) is 17.5. The Morgan fingerprint density at radius 2 is 1.84 bits per heavy atom. The summed E-state index contributed by atoms with van der Waals surface area (Å²) in [5.41, 5.74) is 0.592. The number of benzene rings is 3. The molecule has 1 aliphatic rings. The average Bonchev–Trinajstić information content (AvgIpc) is 3.56. The van der Waals surface area contributed by atoms with E-state index in [0.717, 1.165) is 12.8 Å². The fourth-order valence-corrected chi connectivity index (χ4v) is 5.47. The summed E-state index contributed by atoms with van der Waals surface area (Å²) in [4.78, 5) is 0.00894. The zero-order valence-electron chi connectivity index (χ0n) is 19.2. The van der Waals surface area contributed by atoms with Gasteiger partial charge in [-0.2, -0.15) is 5.26 Å². The monoisotopic (exact) mass is 592 g/mol. The van der Waals surface area contributed by atoms with Crippen LogP contribution in [-0.2, 0) is 16.4 Å². The lowest BCUT2D eigenvalue weighted by molar-refractivity contribution is 0.437. The molecule has 38 heavy (non-hydrogen) atoms. The van der Waals surface area contributed by atoms with Gasteiger partial charge in [-0.25, -0.2) is 17.5 Å². The molecule has 1 heterocycles. The molecule has 0 amide bonds.